The molecule has 0 fully saturated rings. The van der Waals surface area contributed by atoms with E-state index in [2.05, 4.69) is 65.6 Å². The van der Waals surface area contributed by atoms with Crippen LogP contribution in [0.2, 0.25) is 0 Å². The molecular weight excluding hydrogens is 394 g/mol. The molecule has 0 spiro atoms. The van der Waals surface area contributed by atoms with Crippen LogP contribution in [0.1, 0.15) is 0 Å². The third-order valence-electron chi connectivity index (χ3n) is 5.25. The monoisotopic (exact) mass is 409 g/mol. The lowest BCUT2D eigenvalue weighted by atomic mass is 10.1. The molecule has 4 heteroatoms. The maximum atomic E-state index is 13.0. The molecule has 4 aromatic carbocycles. The zero-order valence-corrected chi connectivity index (χ0v) is 17.0. The van der Waals surface area contributed by atoms with Gasteiger partial charge in [0.25, 0.3) is 0 Å². The first-order valence-electron chi connectivity index (χ1n) is 9.41. The Balaban J connectivity index is 1.63. The first-order valence-corrected chi connectivity index (χ1v) is 11.0. The summed E-state index contributed by atoms with van der Waals surface area (Å²) in [6.45, 7) is 0. The second kappa shape index (κ2) is 6.48. The smallest absolute Gasteiger partial charge is 0.195 e. The van der Waals surface area contributed by atoms with Crippen LogP contribution in [0.4, 0.5) is 17.1 Å². The second-order valence-electron chi connectivity index (χ2n) is 6.98. The van der Waals surface area contributed by atoms with Gasteiger partial charge >= 0.3 is 0 Å². The molecule has 138 valence electrons. The van der Waals surface area contributed by atoms with E-state index in [1.807, 2.05) is 30.3 Å². The molecule has 0 atom stereocenters. The van der Waals surface area contributed by atoms with Crippen LogP contribution in [0.15, 0.2) is 106 Å². The average molecular weight is 410 g/mol. The molecule has 1 aliphatic rings. The predicted octanol–water partition coefficient (Wildman–Crippen LogP) is 7.35. The predicted molar refractivity (Wildman–Crippen MR) is 124 cm³/mol. The minimum Gasteiger partial charge on any atom is -0.308 e. The Morgan fingerprint density at radius 3 is 2.00 bits per heavy atom. The molecule has 0 amide bonds. The number of rotatable bonds is 1. The van der Waals surface area contributed by atoms with Crippen molar-refractivity contribution < 1.29 is 0 Å². The van der Waals surface area contributed by atoms with Crippen molar-refractivity contribution in [3.05, 3.63) is 101 Å². The molecule has 0 unspecified atom stereocenters. The highest BCUT2D eigenvalue weighted by atomic mass is 32.2. The molecule has 1 aliphatic heterocycles. The lowest BCUT2D eigenvalue weighted by Crippen LogP contribution is -2.14. The van der Waals surface area contributed by atoms with Crippen molar-refractivity contribution in [3.63, 3.8) is 0 Å². The summed E-state index contributed by atoms with van der Waals surface area (Å²) in [7, 11) is 0. The van der Waals surface area contributed by atoms with E-state index in [0.717, 1.165) is 25.9 Å². The van der Waals surface area contributed by atoms with Gasteiger partial charge in [-0.2, -0.15) is 0 Å². The fourth-order valence-electron chi connectivity index (χ4n) is 3.91. The van der Waals surface area contributed by atoms with E-state index in [1.165, 1.54) is 21.2 Å². The first-order chi connectivity index (χ1) is 14.3. The Hall–Kier alpha value is -3.08. The highest BCUT2D eigenvalue weighted by molar-refractivity contribution is 7.99. The molecule has 6 rings (SSSR count). The molecule has 2 nitrogen and oxygen atoms in total. The number of hydrogen-bond donors (Lipinski definition) is 0. The molecular formula is C25H15NOS2. The van der Waals surface area contributed by atoms with Gasteiger partial charge < -0.3 is 4.90 Å². The number of benzene rings is 4. The fourth-order valence-corrected chi connectivity index (χ4v) is 6.07. The van der Waals surface area contributed by atoms with Gasteiger partial charge in [0.05, 0.1) is 11.4 Å². The van der Waals surface area contributed by atoms with Crippen LogP contribution in [0.25, 0.3) is 20.2 Å². The highest BCUT2D eigenvalue weighted by Gasteiger charge is 2.24. The van der Waals surface area contributed by atoms with Crippen molar-refractivity contribution in [2.24, 2.45) is 0 Å². The minimum atomic E-state index is 0.107. The normalized spacial score (nSPS) is 12.8. The maximum Gasteiger partial charge on any atom is 0.195 e. The van der Waals surface area contributed by atoms with Crippen LogP contribution in [-0.2, 0) is 0 Å². The number of nitrogens with zero attached hydrogens (tertiary/aromatic N) is 1. The maximum absolute atomic E-state index is 13.0. The van der Waals surface area contributed by atoms with Crippen LogP contribution in [0, 0.1) is 0 Å². The zero-order valence-electron chi connectivity index (χ0n) is 15.3. The summed E-state index contributed by atoms with van der Waals surface area (Å²) < 4.78 is 2.04. The molecule has 2 heterocycles. The van der Waals surface area contributed by atoms with Gasteiger partial charge in [0, 0.05) is 35.7 Å². The Morgan fingerprint density at radius 2 is 1.24 bits per heavy atom. The van der Waals surface area contributed by atoms with Crippen molar-refractivity contribution in [3.8, 4) is 0 Å². The number of anilines is 3. The second-order valence-corrected chi connectivity index (χ2v) is 9.15. The van der Waals surface area contributed by atoms with Crippen molar-refractivity contribution in [2.75, 3.05) is 4.90 Å². The molecule has 0 saturated carbocycles. The van der Waals surface area contributed by atoms with Gasteiger partial charge in [-0.25, -0.2) is 0 Å². The summed E-state index contributed by atoms with van der Waals surface area (Å²) in [6, 6.07) is 31.0. The van der Waals surface area contributed by atoms with E-state index in [1.54, 1.807) is 23.1 Å². The third-order valence-corrected chi connectivity index (χ3v) is 7.52. The quantitative estimate of drug-likeness (QED) is 0.265. The zero-order chi connectivity index (χ0) is 19.4. The van der Waals surface area contributed by atoms with Crippen molar-refractivity contribution in [1.29, 1.82) is 0 Å². The van der Waals surface area contributed by atoms with E-state index >= 15 is 0 Å². The van der Waals surface area contributed by atoms with Gasteiger partial charge in [-0.15, -0.1) is 11.3 Å². The SMILES string of the molecule is O=c1c2ccccc2sc2cc(N3c4ccccc4Sc4ccccc43)ccc12. The Labute approximate surface area is 176 Å². The Bertz CT molecular complexity index is 1430. The molecule has 1 aromatic heterocycles. The number of hydrogen-bond acceptors (Lipinski definition) is 4. The molecule has 29 heavy (non-hydrogen) atoms. The van der Waals surface area contributed by atoms with Gasteiger partial charge in [-0.05, 0) is 54.6 Å². The lowest BCUT2D eigenvalue weighted by molar-refractivity contribution is 1.17. The molecule has 0 bridgehead atoms. The average Bonchev–Trinajstić information content (AvgIpc) is 2.77. The van der Waals surface area contributed by atoms with E-state index in [4.69, 9.17) is 0 Å². The van der Waals surface area contributed by atoms with Crippen LogP contribution >= 0.6 is 23.1 Å². The van der Waals surface area contributed by atoms with E-state index in [9.17, 15) is 4.79 Å². The summed E-state index contributed by atoms with van der Waals surface area (Å²) >= 11 is 3.47. The molecule has 0 aliphatic carbocycles. The van der Waals surface area contributed by atoms with Crippen LogP contribution in [-0.4, -0.2) is 0 Å². The van der Waals surface area contributed by atoms with Crippen molar-refractivity contribution in [2.45, 2.75) is 9.79 Å². The van der Waals surface area contributed by atoms with E-state index in [0.29, 0.717) is 0 Å². The Kier molecular flexibility index (Phi) is 3.76. The van der Waals surface area contributed by atoms with E-state index in [-0.39, 0.29) is 5.43 Å². The van der Waals surface area contributed by atoms with Crippen molar-refractivity contribution in [1.82, 2.24) is 0 Å². The largest absolute Gasteiger partial charge is 0.308 e. The molecule has 0 N–H and O–H groups in total. The molecule has 5 aromatic rings. The van der Waals surface area contributed by atoms with Crippen LogP contribution in [0.3, 0.4) is 0 Å². The summed E-state index contributed by atoms with van der Waals surface area (Å²) in [4.78, 5) is 17.7. The van der Waals surface area contributed by atoms with Gasteiger partial charge in [0.1, 0.15) is 0 Å². The summed E-state index contributed by atoms with van der Waals surface area (Å²) in [5, 5.41) is 1.58. The minimum absolute atomic E-state index is 0.107. The molecule has 0 saturated heterocycles. The number of fused-ring (bicyclic) bond motifs is 4. The summed E-state index contributed by atoms with van der Waals surface area (Å²) in [5.74, 6) is 0. The lowest BCUT2D eigenvalue weighted by Gasteiger charge is -2.32. The van der Waals surface area contributed by atoms with Crippen LogP contribution in [0.5, 0.6) is 0 Å². The van der Waals surface area contributed by atoms with Gasteiger partial charge in [-0.1, -0.05) is 48.2 Å². The Morgan fingerprint density at radius 1 is 0.621 bits per heavy atom. The summed E-state index contributed by atoms with van der Waals surface area (Å²) in [6.07, 6.45) is 0. The topological polar surface area (TPSA) is 20.3 Å². The third kappa shape index (κ3) is 2.60. The van der Waals surface area contributed by atoms with Gasteiger partial charge in [0.15, 0.2) is 5.43 Å². The van der Waals surface area contributed by atoms with Gasteiger partial charge in [0.2, 0.25) is 0 Å². The summed E-state index contributed by atoms with van der Waals surface area (Å²) in [5.41, 5.74) is 3.52. The highest BCUT2D eigenvalue weighted by Crippen LogP contribution is 2.51. The van der Waals surface area contributed by atoms with Crippen LogP contribution < -0.4 is 10.3 Å². The first kappa shape index (κ1) is 16.8. The standard InChI is InChI=1S/C25H15NOS2/c27-25-17-7-1-4-10-21(17)28-24-15-16(13-14-18(24)25)26-19-8-2-5-11-22(19)29-23-12-6-3-9-20(23)26/h1-15H. The number of para-hydroxylation sites is 2. The van der Waals surface area contributed by atoms with E-state index < -0.39 is 0 Å². The fraction of sp³-hybridized carbons (Fsp3) is 0. The van der Waals surface area contributed by atoms with Gasteiger partial charge in [-0.3, -0.25) is 4.79 Å². The molecule has 0 radical (unpaired) electrons. The van der Waals surface area contributed by atoms with Crippen molar-refractivity contribution >= 4 is 60.3 Å².